The first-order valence-corrected chi connectivity index (χ1v) is 13.1. The van der Waals surface area contributed by atoms with Gasteiger partial charge in [-0.15, -0.1) is 5.10 Å². The van der Waals surface area contributed by atoms with Crippen molar-refractivity contribution >= 4 is 51.2 Å². The fourth-order valence-corrected chi connectivity index (χ4v) is 4.82. The summed E-state index contributed by atoms with van der Waals surface area (Å²) in [5, 5.41) is 33.7. The summed E-state index contributed by atoms with van der Waals surface area (Å²) in [6, 6.07) is 14.3. The van der Waals surface area contributed by atoms with Gasteiger partial charge in [-0.2, -0.15) is 10.5 Å². The molecule has 1 aliphatic rings. The van der Waals surface area contributed by atoms with Gasteiger partial charge in [-0.3, -0.25) is 4.98 Å². The summed E-state index contributed by atoms with van der Waals surface area (Å²) < 4.78 is 40.8. The average Bonchev–Trinajstić information content (AvgIpc) is 3.72. The highest BCUT2D eigenvalue weighted by atomic mass is 35.5. The van der Waals surface area contributed by atoms with Crippen LogP contribution < -0.4 is 10.6 Å². The number of rotatable bonds is 7. The zero-order chi connectivity index (χ0) is 29.6. The lowest BCUT2D eigenvalue weighted by Crippen LogP contribution is -2.13. The lowest BCUT2D eigenvalue weighted by Gasteiger charge is -2.20. The summed E-state index contributed by atoms with van der Waals surface area (Å²) in [5.74, 6) is -1.96. The second-order valence-electron chi connectivity index (χ2n) is 9.36. The van der Waals surface area contributed by atoms with Crippen LogP contribution in [0.25, 0.3) is 10.9 Å². The van der Waals surface area contributed by atoms with Crippen LogP contribution in [0, 0.1) is 34.3 Å². The number of nitriles is 2. The van der Waals surface area contributed by atoms with Crippen LogP contribution in [0.2, 0.25) is 10.0 Å². The third-order valence-corrected chi connectivity index (χ3v) is 7.16. The van der Waals surface area contributed by atoms with E-state index in [0.717, 1.165) is 25.0 Å². The van der Waals surface area contributed by atoms with Crippen molar-refractivity contribution in [1.82, 2.24) is 20.0 Å². The quantitative estimate of drug-likeness (QED) is 0.190. The lowest BCUT2D eigenvalue weighted by molar-refractivity contribution is 0.591. The van der Waals surface area contributed by atoms with Crippen molar-refractivity contribution in [1.29, 1.82) is 10.5 Å². The number of nitrogens with one attached hydrogen (secondary N) is 2. The molecule has 8 nitrogen and oxygen atoms in total. The number of anilines is 3. The van der Waals surface area contributed by atoms with Gasteiger partial charge in [-0.05, 0) is 54.8 Å². The van der Waals surface area contributed by atoms with Crippen molar-refractivity contribution in [2.75, 3.05) is 10.6 Å². The van der Waals surface area contributed by atoms with Crippen molar-refractivity contribution in [3.8, 4) is 12.1 Å². The first kappa shape index (κ1) is 25.2. The van der Waals surface area contributed by atoms with E-state index < -0.39 is 23.3 Å². The maximum Gasteiger partial charge on any atom is 0.168 e. The van der Waals surface area contributed by atoms with Gasteiger partial charge in [-0.1, -0.05) is 40.5 Å². The number of pyridine rings is 1. The summed E-state index contributed by atoms with van der Waals surface area (Å²) in [6.45, 7) is 0. The molecule has 0 amide bonds. The Hall–Kier alpha value is -4.77. The van der Waals surface area contributed by atoms with Crippen molar-refractivity contribution in [2.24, 2.45) is 0 Å². The molecule has 0 saturated heterocycles. The molecule has 0 radical (unpaired) electrons. The molecule has 41 heavy (non-hydrogen) atoms. The van der Waals surface area contributed by atoms with Crippen LogP contribution >= 0.6 is 23.2 Å². The number of hydrogen-bond acceptors (Lipinski definition) is 7. The van der Waals surface area contributed by atoms with Gasteiger partial charge in [0.05, 0.1) is 58.1 Å². The molecule has 0 bridgehead atoms. The molecule has 2 heterocycles. The molecule has 1 fully saturated rings. The van der Waals surface area contributed by atoms with Crippen LogP contribution in [0.3, 0.4) is 0 Å². The SMILES string of the molecule is [2H][C@@](Nc1cc(Cl)c2ncc(C#N)c(Nc3c(F)ccc(Cl)c3F)c2c1)(c1cccc(C#N)c1)c1cn(C2CC2)nn1. The van der Waals surface area contributed by atoms with Crippen LogP contribution in [-0.4, -0.2) is 20.0 Å². The zero-order valence-corrected chi connectivity index (χ0v) is 22.5. The van der Waals surface area contributed by atoms with E-state index in [2.05, 4.69) is 32.0 Å². The Kier molecular flexibility index (Phi) is 6.56. The second-order valence-corrected chi connectivity index (χ2v) is 10.2. The maximum atomic E-state index is 14.8. The Balaban J connectivity index is 1.51. The molecule has 0 unspecified atom stereocenters. The molecule has 6 rings (SSSR count). The fraction of sp³-hybridized carbons (Fsp3) is 0.138. The number of hydrogen-bond donors (Lipinski definition) is 2. The van der Waals surface area contributed by atoms with E-state index in [4.69, 9.17) is 23.2 Å². The van der Waals surface area contributed by atoms with E-state index in [-0.39, 0.29) is 43.9 Å². The molecule has 0 spiro atoms. The minimum Gasteiger partial charge on any atom is -0.373 e. The van der Waals surface area contributed by atoms with Crippen LogP contribution in [0.4, 0.5) is 25.8 Å². The maximum absolute atomic E-state index is 14.8. The first-order valence-electron chi connectivity index (χ1n) is 12.9. The standard InChI is InChI=1S/C29H18Cl2F2N8/c30-21-6-7-23(32)29(25(21)33)38-26-17(12-35)13-36-28-20(26)9-18(10-22(28)31)37-27(16-3-1-2-15(8-16)11-34)24-14-41(40-39-24)19-4-5-19/h1-3,6-10,13-14,19,27,37H,4-5H2,(H,36,38)/t27-/m1/s1/i27D. The van der Waals surface area contributed by atoms with Gasteiger partial charge >= 0.3 is 0 Å². The van der Waals surface area contributed by atoms with Crippen LogP contribution in [0.15, 0.2) is 60.9 Å². The summed E-state index contributed by atoms with van der Waals surface area (Å²) >= 11 is 12.5. The molecule has 1 aliphatic carbocycles. The molecule has 202 valence electrons. The summed E-state index contributed by atoms with van der Waals surface area (Å²) in [6.07, 6.45) is 4.85. The molecule has 2 aromatic heterocycles. The predicted molar refractivity (Wildman–Crippen MR) is 151 cm³/mol. The Morgan fingerprint density at radius 3 is 2.63 bits per heavy atom. The van der Waals surface area contributed by atoms with E-state index in [0.29, 0.717) is 16.8 Å². The Morgan fingerprint density at radius 2 is 1.88 bits per heavy atom. The molecule has 5 aromatic rings. The highest BCUT2D eigenvalue weighted by Crippen LogP contribution is 2.39. The molecule has 3 aromatic carbocycles. The molecule has 1 atom stereocenters. The highest BCUT2D eigenvalue weighted by molar-refractivity contribution is 6.36. The summed E-state index contributed by atoms with van der Waals surface area (Å²) in [4.78, 5) is 4.28. The molecule has 0 aliphatic heterocycles. The Bertz CT molecular complexity index is 1960. The van der Waals surface area contributed by atoms with Gasteiger partial charge < -0.3 is 10.6 Å². The number of nitrogens with zero attached hydrogens (tertiary/aromatic N) is 6. The minimum atomic E-state index is -1.74. The molecule has 12 heteroatoms. The Labute approximate surface area is 244 Å². The first-order chi connectivity index (χ1) is 20.2. The van der Waals surface area contributed by atoms with Gasteiger partial charge in [0.15, 0.2) is 5.82 Å². The van der Waals surface area contributed by atoms with Gasteiger partial charge in [0.2, 0.25) is 0 Å². The zero-order valence-electron chi connectivity index (χ0n) is 22.0. The monoisotopic (exact) mass is 587 g/mol. The fourth-order valence-electron chi connectivity index (χ4n) is 4.40. The average molecular weight is 588 g/mol. The van der Waals surface area contributed by atoms with Crippen molar-refractivity contribution < 1.29 is 10.2 Å². The predicted octanol–water partition coefficient (Wildman–Crippen LogP) is 7.43. The van der Waals surface area contributed by atoms with E-state index in [1.165, 1.54) is 12.3 Å². The van der Waals surface area contributed by atoms with Crippen molar-refractivity contribution in [3.05, 3.63) is 105 Å². The number of halogens is 4. The minimum absolute atomic E-state index is 0.0132. The van der Waals surface area contributed by atoms with Crippen LogP contribution in [0.5, 0.6) is 0 Å². The summed E-state index contributed by atoms with van der Waals surface area (Å²) in [7, 11) is 0. The molecule has 2 N–H and O–H groups in total. The van der Waals surface area contributed by atoms with E-state index in [1.54, 1.807) is 41.2 Å². The van der Waals surface area contributed by atoms with E-state index in [9.17, 15) is 20.7 Å². The van der Waals surface area contributed by atoms with Crippen LogP contribution in [0.1, 0.15) is 48.7 Å². The largest absolute Gasteiger partial charge is 0.373 e. The molecule has 1 saturated carbocycles. The van der Waals surface area contributed by atoms with Gasteiger partial charge in [0.1, 0.15) is 23.3 Å². The topological polar surface area (TPSA) is 115 Å². The molecular weight excluding hydrogens is 569 g/mol. The van der Waals surface area contributed by atoms with E-state index in [1.807, 2.05) is 6.07 Å². The normalized spacial score (nSPS) is 14.5. The smallest absolute Gasteiger partial charge is 0.168 e. The number of aromatic nitrogens is 4. The summed E-state index contributed by atoms with van der Waals surface area (Å²) in [5.41, 5.74) is 1.04. The molecular formula is C29H18Cl2F2N8. The third kappa shape index (κ3) is 5.11. The Morgan fingerprint density at radius 1 is 1.05 bits per heavy atom. The van der Waals surface area contributed by atoms with Gasteiger partial charge in [0, 0.05) is 17.3 Å². The van der Waals surface area contributed by atoms with E-state index >= 15 is 0 Å². The third-order valence-electron chi connectivity index (χ3n) is 6.58. The van der Waals surface area contributed by atoms with Crippen molar-refractivity contribution in [3.63, 3.8) is 0 Å². The van der Waals surface area contributed by atoms with Crippen molar-refractivity contribution in [2.45, 2.75) is 24.9 Å². The van der Waals surface area contributed by atoms with Gasteiger partial charge in [-0.25, -0.2) is 13.5 Å². The van der Waals surface area contributed by atoms with Gasteiger partial charge in [0.25, 0.3) is 0 Å². The van der Waals surface area contributed by atoms with Crippen LogP contribution in [-0.2, 0) is 0 Å². The highest BCUT2D eigenvalue weighted by Gasteiger charge is 2.27. The number of fused-ring (bicyclic) bond motifs is 1. The number of benzene rings is 3. The second kappa shape index (κ2) is 10.7. The lowest BCUT2D eigenvalue weighted by atomic mass is 10.0.